The zero-order valence-electron chi connectivity index (χ0n) is 12.9. The lowest BCUT2D eigenvalue weighted by Crippen LogP contribution is -2.21. The molecule has 116 valence electrons. The molecule has 3 aromatic rings. The van der Waals surface area contributed by atoms with E-state index in [0.29, 0.717) is 13.0 Å². The van der Waals surface area contributed by atoms with Gasteiger partial charge in [-0.05, 0) is 30.5 Å². The number of hydrogen-bond acceptors (Lipinski definition) is 2. The quantitative estimate of drug-likeness (QED) is 0.808. The number of carbonyl (C=O) groups excluding carboxylic acids is 1. The van der Waals surface area contributed by atoms with Crippen molar-refractivity contribution in [3.8, 4) is 0 Å². The minimum Gasteiger partial charge on any atom is -0.350 e. The summed E-state index contributed by atoms with van der Waals surface area (Å²) >= 11 is 0. The van der Waals surface area contributed by atoms with Crippen LogP contribution >= 0.6 is 0 Å². The zero-order chi connectivity index (χ0) is 15.6. The number of pyridine rings is 1. The molecule has 4 rings (SSSR count). The lowest BCUT2D eigenvalue weighted by molar-refractivity contribution is -0.121. The first-order valence-corrected chi connectivity index (χ1v) is 8.08. The van der Waals surface area contributed by atoms with Crippen LogP contribution in [0.1, 0.15) is 35.7 Å². The Bertz CT molecular complexity index is 838. The van der Waals surface area contributed by atoms with E-state index in [9.17, 15) is 4.79 Å². The van der Waals surface area contributed by atoms with Gasteiger partial charge in [0.15, 0.2) is 0 Å². The maximum Gasteiger partial charge on any atom is 0.220 e. The molecule has 1 aliphatic rings. The molecule has 0 unspecified atom stereocenters. The number of carbonyl (C=O) groups is 1. The third-order valence-electron chi connectivity index (χ3n) is 4.54. The van der Waals surface area contributed by atoms with Gasteiger partial charge in [0.2, 0.25) is 5.91 Å². The summed E-state index contributed by atoms with van der Waals surface area (Å²) in [6.07, 6.45) is 4.50. The Hall–Kier alpha value is -2.62. The lowest BCUT2D eigenvalue weighted by atomic mass is 9.92. The van der Waals surface area contributed by atoms with Gasteiger partial charge < -0.3 is 9.72 Å². The Balaban J connectivity index is 1.69. The van der Waals surface area contributed by atoms with Crippen LogP contribution in [-0.2, 0) is 17.8 Å². The number of aromatic nitrogens is 2. The molecule has 1 aromatic carbocycles. The van der Waals surface area contributed by atoms with Crippen LogP contribution in [0, 0.1) is 0 Å². The smallest absolute Gasteiger partial charge is 0.220 e. The summed E-state index contributed by atoms with van der Waals surface area (Å²) in [5.41, 5.74) is 4.46. The van der Waals surface area contributed by atoms with Crippen LogP contribution < -0.4 is 5.32 Å². The Morgan fingerprint density at radius 2 is 1.96 bits per heavy atom. The highest BCUT2D eigenvalue weighted by molar-refractivity contribution is 5.77. The summed E-state index contributed by atoms with van der Waals surface area (Å²) in [5.74, 6) is 0.316. The average Bonchev–Trinajstić information content (AvgIpc) is 2.88. The maximum absolute atomic E-state index is 12.1. The van der Waals surface area contributed by atoms with E-state index in [4.69, 9.17) is 4.98 Å². The molecule has 4 nitrogen and oxygen atoms in total. The van der Waals surface area contributed by atoms with Gasteiger partial charge in [-0.3, -0.25) is 4.79 Å². The van der Waals surface area contributed by atoms with Crippen molar-refractivity contribution in [3.63, 3.8) is 0 Å². The van der Waals surface area contributed by atoms with E-state index >= 15 is 0 Å². The van der Waals surface area contributed by atoms with Gasteiger partial charge in [-0.25, -0.2) is 4.98 Å². The van der Waals surface area contributed by atoms with Crippen molar-refractivity contribution in [1.29, 1.82) is 0 Å². The number of fused-ring (bicyclic) bond motifs is 3. The minimum atomic E-state index is 0.116. The topological polar surface area (TPSA) is 46.4 Å². The van der Waals surface area contributed by atoms with E-state index in [2.05, 4.69) is 34.0 Å². The molecule has 23 heavy (non-hydrogen) atoms. The summed E-state index contributed by atoms with van der Waals surface area (Å²) in [6.45, 7) is 0.525. The van der Waals surface area contributed by atoms with Crippen molar-refractivity contribution < 1.29 is 4.79 Å². The highest BCUT2D eigenvalue weighted by Gasteiger charge is 2.27. The third kappa shape index (κ3) is 2.72. The molecule has 0 bridgehead atoms. The molecule has 0 aliphatic carbocycles. The van der Waals surface area contributed by atoms with Crippen molar-refractivity contribution in [3.05, 3.63) is 71.7 Å². The molecular formula is C19H19N3O. The average molecular weight is 305 g/mol. The van der Waals surface area contributed by atoms with E-state index in [1.165, 1.54) is 11.3 Å². The van der Waals surface area contributed by atoms with Gasteiger partial charge in [0.25, 0.3) is 0 Å². The number of benzene rings is 1. The molecule has 0 saturated heterocycles. The van der Waals surface area contributed by atoms with Crippen molar-refractivity contribution in [2.75, 3.05) is 0 Å². The summed E-state index contributed by atoms with van der Waals surface area (Å²) in [7, 11) is 0. The molecule has 2 aromatic heterocycles. The first kappa shape index (κ1) is 14.0. The lowest BCUT2D eigenvalue weighted by Gasteiger charge is -2.15. The normalized spacial score (nSPS) is 17.6. The van der Waals surface area contributed by atoms with Crippen LogP contribution in [0.4, 0.5) is 0 Å². The van der Waals surface area contributed by atoms with E-state index in [-0.39, 0.29) is 11.8 Å². The van der Waals surface area contributed by atoms with Gasteiger partial charge in [-0.15, -0.1) is 0 Å². The molecule has 0 radical (unpaired) electrons. The predicted octanol–water partition coefficient (Wildman–Crippen LogP) is 3.07. The first-order chi connectivity index (χ1) is 11.3. The van der Waals surface area contributed by atoms with Crippen LogP contribution in [-0.4, -0.2) is 15.3 Å². The maximum atomic E-state index is 12.1. The molecule has 4 heteroatoms. The van der Waals surface area contributed by atoms with E-state index < -0.39 is 0 Å². The molecule has 0 spiro atoms. The van der Waals surface area contributed by atoms with Crippen molar-refractivity contribution in [2.24, 2.45) is 0 Å². The van der Waals surface area contributed by atoms with Crippen LogP contribution in [0.2, 0.25) is 0 Å². The van der Waals surface area contributed by atoms with E-state index in [0.717, 1.165) is 24.2 Å². The summed E-state index contributed by atoms with van der Waals surface area (Å²) in [5, 5.41) is 2.98. The van der Waals surface area contributed by atoms with Gasteiger partial charge in [-0.1, -0.05) is 36.4 Å². The molecule has 1 aliphatic heterocycles. The molecule has 0 fully saturated rings. The van der Waals surface area contributed by atoms with Crippen LogP contribution in [0.25, 0.3) is 5.65 Å². The molecule has 0 saturated carbocycles. The summed E-state index contributed by atoms with van der Waals surface area (Å²) in [6, 6.07) is 16.5. The summed E-state index contributed by atoms with van der Waals surface area (Å²) in [4.78, 5) is 16.8. The molecular weight excluding hydrogens is 286 g/mol. The third-order valence-corrected chi connectivity index (χ3v) is 4.54. The number of imidazole rings is 1. The molecule has 1 atom stereocenters. The number of hydrogen-bond donors (Lipinski definition) is 1. The van der Waals surface area contributed by atoms with Gasteiger partial charge >= 0.3 is 0 Å². The van der Waals surface area contributed by atoms with Crippen LogP contribution in [0.3, 0.4) is 0 Å². The summed E-state index contributed by atoms with van der Waals surface area (Å²) < 4.78 is 2.14. The van der Waals surface area contributed by atoms with Gasteiger partial charge in [0.1, 0.15) is 5.65 Å². The van der Waals surface area contributed by atoms with E-state index in [1.54, 1.807) is 0 Å². The van der Waals surface area contributed by atoms with Crippen molar-refractivity contribution >= 4 is 11.6 Å². The number of amides is 1. The molecule has 1 N–H and O–H groups in total. The second-order valence-electron chi connectivity index (χ2n) is 6.07. The van der Waals surface area contributed by atoms with Gasteiger partial charge in [0.05, 0.1) is 17.9 Å². The highest BCUT2D eigenvalue weighted by Crippen LogP contribution is 2.31. The van der Waals surface area contributed by atoms with Gasteiger partial charge in [-0.2, -0.15) is 0 Å². The Morgan fingerprint density at radius 3 is 2.83 bits per heavy atom. The van der Waals surface area contributed by atoms with Crippen LogP contribution in [0.15, 0.2) is 54.7 Å². The minimum absolute atomic E-state index is 0.116. The number of nitrogens with zero attached hydrogens (tertiary/aromatic N) is 2. The fourth-order valence-electron chi connectivity index (χ4n) is 3.43. The second kappa shape index (κ2) is 5.88. The number of aryl methyl sites for hydroxylation is 1. The SMILES string of the molecule is O=C1C[C@H](CCc2ccccc2)c2c(nc3ccccn23)CN1. The second-order valence-corrected chi connectivity index (χ2v) is 6.07. The monoisotopic (exact) mass is 305 g/mol. The Labute approximate surface area is 135 Å². The van der Waals surface area contributed by atoms with E-state index in [1.807, 2.05) is 30.5 Å². The zero-order valence-corrected chi connectivity index (χ0v) is 12.9. The largest absolute Gasteiger partial charge is 0.350 e. The van der Waals surface area contributed by atoms with Crippen molar-refractivity contribution in [1.82, 2.24) is 14.7 Å². The van der Waals surface area contributed by atoms with Crippen LogP contribution in [0.5, 0.6) is 0 Å². The Kier molecular flexibility index (Phi) is 3.58. The Morgan fingerprint density at radius 1 is 1.13 bits per heavy atom. The fraction of sp³-hybridized carbons (Fsp3) is 0.263. The van der Waals surface area contributed by atoms with Gasteiger partial charge in [0, 0.05) is 18.5 Å². The number of rotatable bonds is 3. The molecule has 3 heterocycles. The first-order valence-electron chi connectivity index (χ1n) is 8.08. The van der Waals surface area contributed by atoms with Crippen molar-refractivity contribution in [2.45, 2.75) is 31.7 Å². The number of nitrogens with one attached hydrogen (secondary N) is 1. The predicted molar refractivity (Wildman–Crippen MR) is 89.2 cm³/mol. The molecule has 1 amide bonds. The highest BCUT2D eigenvalue weighted by atomic mass is 16.1. The standard InChI is InChI=1S/C19H19N3O/c23-18-12-15(10-9-14-6-2-1-3-7-14)19-16(13-20-18)21-17-8-4-5-11-22(17)19/h1-8,11,15H,9-10,12-13H2,(H,20,23)/t15-/m0/s1. The fourth-order valence-corrected chi connectivity index (χ4v) is 3.43.